The van der Waals surface area contributed by atoms with Gasteiger partial charge in [0.15, 0.2) is 0 Å². The van der Waals surface area contributed by atoms with Gasteiger partial charge in [-0.15, -0.1) is 0 Å². The molecule has 1 amide bonds. The number of rotatable bonds is 4. The summed E-state index contributed by atoms with van der Waals surface area (Å²) in [6, 6.07) is 12.4. The minimum absolute atomic E-state index is 0.0558. The number of phenols is 1. The third kappa shape index (κ3) is 3.16. The molecule has 0 atom stereocenters. The smallest absolute Gasteiger partial charge is 0.256 e. The number of amides is 1. The SMILES string of the molecule is Cc1ccc(O)c(NC(=O)c2ccccc2CCN)c1. The van der Waals surface area contributed by atoms with Crippen molar-refractivity contribution < 1.29 is 9.90 Å². The molecule has 0 unspecified atom stereocenters. The van der Waals surface area contributed by atoms with E-state index in [-0.39, 0.29) is 11.7 Å². The fraction of sp³-hybridized carbons (Fsp3) is 0.188. The van der Waals surface area contributed by atoms with Crippen LogP contribution in [0.15, 0.2) is 42.5 Å². The lowest BCUT2D eigenvalue weighted by Crippen LogP contribution is -2.16. The van der Waals surface area contributed by atoms with E-state index in [2.05, 4.69) is 5.32 Å². The molecule has 0 spiro atoms. The van der Waals surface area contributed by atoms with Gasteiger partial charge in [-0.1, -0.05) is 24.3 Å². The Labute approximate surface area is 118 Å². The largest absolute Gasteiger partial charge is 0.506 e. The summed E-state index contributed by atoms with van der Waals surface area (Å²) in [5.74, 6) is -0.185. The highest BCUT2D eigenvalue weighted by Crippen LogP contribution is 2.24. The van der Waals surface area contributed by atoms with E-state index in [4.69, 9.17) is 5.73 Å². The van der Waals surface area contributed by atoms with Crippen LogP contribution < -0.4 is 11.1 Å². The molecule has 0 saturated carbocycles. The van der Waals surface area contributed by atoms with Crippen LogP contribution in [0.3, 0.4) is 0 Å². The maximum absolute atomic E-state index is 12.3. The average Bonchev–Trinajstić information content (AvgIpc) is 2.44. The van der Waals surface area contributed by atoms with Crippen molar-refractivity contribution in [2.24, 2.45) is 5.73 Å². The van der Waals surface area contributed by atoms with Gasteiger partial charge in [-0.2, -0.15) is 0 Å². The molecule has 4 N–H and O–H groups in total. The lowest BCUT2D eigenvalue weighted by molar-refractivity contribution is 0.102. The van der Waals surface area contributed by atoms with E-state index < -0.39 is 0 Å². The molecule has 2 aromatic carbocycles. The van der Waals surface area contributed by atoms with Gasteiger partial charge in [-0.3, -0.25) is 4.79 Å². The van der Waals surface area contributed by atoms with E-state index in [1.54, 1.807) is 24.3 Å². The molecule has 2 rings (SSSR count). The number of aryl methyl sites for hydroxylation is 1. The Morgan fingerprint density at radius 2 is 2.00 bits per heavy atom. The van der Waals surface area contributed by atoms with Gasteiger partial charge in [0.2, 0.25) is 0 Å². The normalized spacial score (nSPS) is 10.3. The van der Waals surface area contributed by atoms with Crippen LogP contribution in [0.1, 0.15) is 21.5 Å². The van der Waals surface area contributed by atoms with Gasteiger partial charge in [0.05, 0.1) is 5.69 Å². The number of anilines is 1. The first-order valence-corrected chi connectivity index (χ1v) is 6.50. The predicted octanol–water partition coefficient (Wildman–Crippen LogP) is 2.45. The fourth-order valence-electron chi connectivity index (χ4n) is 2.05. The van der Waals surface area contributed by atoms with Crippen molar-refractivity contribution in [1.29, 1.82) is 0 Å². The number of carbonyl (C=O) groups is 1. The highest BCUT2D eigenvalue weighted by molar-refractivity contribution is 6.06. The molecule has 0 heterocycles. The number of carbonyl (C=O) groups excluding carboxylic acids is 1. The Morgan fingerprint density at radius 3 is 2.75 bits per heavy atom. The maximum atomic E-state index is 12.3. The van der Waals surface area contributed by atoms with Crippen LogP contribution in [0, 0.1) is 6.92 Å². The van der Waals surface area contributed by atoms with Crippen LogP contribution in [0.25, 0.3) is 0 Å². The Morgan fingerprint density at radius 1 is 1.25 bits per heavy atom. The van der Waals surface area contributed by atoms with Crippen LogP contribution in [0.5, 0.6) is 5.75 Å². The third-order valence-electron chi connectivity index (χ3n) is 3.08. The van der Waals surface area contributed by atoms with Crippen LogP contribution in [0.2, 0.25) is 0 Å². The molecular weight excluding hydrogens is 252 g/mol. The van der Waals surface area contributed by atoms with E-state index in [0.29, 0.717) is 24.2 Å². The number of aromatic hydroxyl groups is 1. The topological polar surface area (TPSA) is 75.3 Å². The number of nitrogens with one attached hydrogen (secondary N) is 1. The molecule has 2 aromatic rings. The van der Waals surface area contributed by atoms with Gasteiger partial charge in [-0.25, -0.2) is 0 Å². The van der Waals surface area contributed by atoms with E-state index in [1.807, 2.05) is 25.1 Å². The van der Waals surface area contributed by atoms with Crippen molar-refractivity contribution in [2.75, 3.05) is 11.9 Å². The van der Waals surface area contributed by atoms with Gasteiger partial charge in [0.25, 0.3) is 5.91 Å². The van der Waals surface area contributed by atoms with Crippen molar-refractivity contribution in [2.45, 2.75) is 13.3 Å². The van der Waals surface area contributed by atoms with E-state index in [9.17, 15) is 9.90 Å². The Hall–Kier alpha value is -2.33. The van der Waals surface area contributed by atoms with Crippen LogP contribution in [0.4, 0.5) is 5.69 Å². The average molecular weight is 270 g/mol. The molecule has 0 aliphatic heterocycles. The molecule has 104 valence electrons. The number of hydrogen-bond donors (Lipinski definition) is 3. The molecule has 0 aromatic heterocycles. The van der Waals surface area contributed by atoms with Gasteiger partial charge in [0.1, 0.15) is 5.75 Å². The van der Waals surface area contributed by atoms with Crippen LogP contribution in [-0.2, 0) is 6.42 Å². The summed E-state index contributed by atoms with van der Waals surface area (Å²) in [7, 11) is 0. The number of benzene rings is 2. The van der Waals surface area contributed by atoms with Crippen LogP contribution in [-0.4, -0.2) is 17.6 Å². The van der Waals surface area contributed by atoms with E-state index in [1.165, 1.54) is 0 Å². The Balaban J connectivity index is 2.26. The predicted molar refractivity (Wildman–Crippen MR) is 80.0 cm³/mol. The highest BCUT2D eigenvalue weighted by Gasteiger charge is 2.12. The van der Waals surface area contributed by atoms with Gasteiger partial charge < -0.3 is 16.2 Å². The Kier molecular flexibility index (Phi) is 4.38. The second kappa shape index (κ2) is 6.21. The summed E-state index contributed by atoms with van der Waals surface area (Å²) in [5, 5.41) is 12.5. The molecule has 0 fully saturated rings. The fourth-order valence-corrected chi connectivity index (χ4v) is 2.05. The van der Waals surface area contributed by atoms with Crippen molar-refractivity contribution in [3.8, 4) is 5.75 Å². The highest BCUT2D eigenvalue weighted by atomic mass is 16.3. The maximum Gasteiger partial charge on any atom is 0.256 e. The van der Waals surface area contributed by atoms with Crippen molar-refractivity contribution in [1.82, 2.24) is 0 Å². The molecule has 0 aliphatic carbocycles. The molecular formula is C16H18N2O2. The number of hydrogen-bond acceptors (Lipinski definition) is 3. The number of nitrogens with two attached hydrogens (primary N) is 1. The quantitative estimate of drug-likeness (QED) is 0.747. The first kappa shape index (κ1) is 14.1. The van der Waals surface area contributed by atoms with Gasteiger partial charge in [0, 0.05) is 5.56 Å². The first-order valence-electron chi connectivity index (χ1n) is 6.50. The van der Waals surface area contributed by atoms with Crippen molar-refractivity contribution in [3.63, 3.8) is 0 Å². The van der Waals surface area contributed by atoms with Crippen LogP contribution >= 0.6 is 0 Å². The first-order chi connectivity index (χ1) is 9.61. The second-order valence-corrected chi connectivity index (χ2v) is 4.67. The van der Waals surface area contributed by atoms with Crippen molar-refractivity contribution in [3.05, 3.63) is 59.2 Å². The molecule has 4 heteroatoms. The van der Waals surface area contributed by atoms with E-state index >= 15 is 0 Å². The molecule has 0 radical (unpaired) electrons. The van der Waals surface area contributed by atoms with Gasteiger partial charge >= 0.3 is 0 Å². The lowest BCUT2D eigenvalue weighted by atomic mass is 10.0. The summed E-state index contributed by atoms with van der Waals surface area (Å²) in [6.45, 7) is 2.39. The molecule has 0 aliphatic rings. The number of phenolic OH excluding ortho intramolecular Hbond substituents is 1. The minimum Gasteiger partial charge on any atom is -0.506 e. The zero-order valence-corrected chi connectivity index (χ0v) is 11.4. The zero-order chi connectivity index (χ0) is 14.5. The summed E-state index contributed by atoms with van der Waals surface area (Å²) in [4.78, 5) is 12.3. The minimum atomic E-state index is -0.241. The second-order valence-electron chi connectivity index (χ2n) is 4.67. The molecule has 0 saturated heterocycles. The molecule has 0 bridgehead atoms. The van der Waals surface area contributed by atoms with Crippen molar-refractivity contribution >= 4 is 11.6 Å². The zero-order valence-electron chi connectivity index (χ0n) is 11.4. The summed E-state index contributed by atoms with van der Waals surface area (Å²) in [6.07, 6.45) is 0.642. The molecule has 4 nitrogen and oxygen atoms in total. The monoisotopic (exact) mass is 270 g/mol. The third-order valence-corrected chi connectivity index (χ3v) is 3.08. The van der Waals surface area contributed by atoms with Gasteiger partial charge in [-0.05, 0) is 49.2 Å². The summed E-state index contributed by atoms with van der Waals surface area (Å²) < 4.78 is 0. The Bertz CT molecular complexity index is 624. The summed E-state index contributed by atoms with van der Waals surface area (Å²) >= 11 is 0. The van der Waals surface area contributed by atoms with E-state index in [0.717, 1.165) is 11.1 Å². The standard InChI is InChI=1S/C16H18N2O2/c1-11-6-7-15(19)14(10-11)18-16(20)13-5-3-2-4-12(13)8-9-17/h2-7,10,19H,8-9,17H2,1H3,(H,18,20). The summed E-state index contributed by atoms with van der Waals surface area (Å²) in [5.41, 5.74) is 8.42. The molecule has 20 heavy (non-hydrogen) atoms. The lowest BCUT2D eigenvalue weighted by Gasteiger charge is -2.11.